The summed E-state index contributed by atoms with van der Waals surface area (Å²) in [6, 6.07) is 1.69. The predicted molar refractivity (Wildman–Crippen MR) is 123 cm³/mol. The van der Waals surface area contributed by atoms with Crippen LogP contribution in [0, 0.1) is 11.6 Å². The molecule has 5 rings (SSSR count). The fourth-order valence-corrected chi connectivity index (χ4v) is 5.32. The molecule has 0 bridgehead atoms. The molecule has 0 radical (unpaired) electrons. The normalized spacial score (nSPS) is 27.1. The van der Waals surface area contributed by atoms with Crippen LogP contribution >= 0.6 is 11.6 Å². The molecule has 0 amide bonds. The number of methoxy groups -OCH3 is 1. The maximum absolute atomic E-state index is 14.5. The van der Waals surface area contributed by atoms with E-state index in [-0.39, 0.29) is 22.8 Å². The molecule has 2 N–H and O–H groups in total. The van der Waals surface area contributed by atoms with Gasteiger partial charge in [0.05, 0.1) is 30.1 Å². The lowest BCUT2D eigenvalue weighted by Crippen LogP contribution is -2.57. The van der Waals surface area contributed by atoms with Gasteiger partial charge in [-0.2, -0.15) is 0 Å². The Morgan fingerprint density at radius 1 is 1.11 bits per heavy atom. The number of aliphatic hydroxyl groups excluding tert-OH is 2. The number of halogens is 3. The molecule has 0 unspecified atom stereocenters. The van der Waals surface area contributed by atoms with Crippen LogP contribution in [-0.4, -0.2) is 78.3 Å². The molecule has 194 valence electrons. The predicted octanol–water partition coefficient (Wildman–Crippen LogP) is 2.50. The van der Waals surface area contributed by atoms with Crippen LogP contribution in [0.5, 0.6) is 0 Å². The summed E-state index contributed by atoms with van der Waals surface area (Å²) in [7, 11) is 1.47. The number of aliphatic hydroxyl groups is 2. The first kappa shape index (κ1) is 25.2. The Labute approximate surface area is 210 Å². The van der Waals surface area contributed by atoms with E-state index >= 15 is 0 Å². The third-order valence-electron chi connectivity index (χ3n) is 7.06. The molecule has 1 saturated carbocycles. The highest BCUT2D eigenvalue weighted by atomic mass is 35.5. The number of ether oxygens (including phenoxy) is 2. The van der Waals surface area contributed by atoms with Crippen LogP contribution in [0.2, 0.25) is 5.02 Å². The number of aromatic nitrogens is 6. The average molecular weight is 525 g/mol. The third-order valence-corrected chi connectivity index (χ3v) is 7.35. The first-order valence-corrected chi connectivity index (χ1v) is 12.2. The Morgan fingerprint density at radius 3 is 2.61 bits per heavy atom. The summed E-state index contributed by atoms with van der Waals surface area (Å²) in [4.78, 5) is 0. The monoisotopic (exact) mass is 524 g/mol. The smallest absolute Gasteiger partial charge is 0.178 e. The molecule has 1 aromatic carbocycles. The minimum Gasteiger partial charge on any atom is -0.394 e. The zero-order valence-corrected chi connectivity index (χ0v) is 20.3. The van der Waals surface area contributed by atoms with Gasteiger partial charge in [-0.15, -0.1) is 10.2 Å². The van der Waals surface area contributed by atoms with Crippen molar-refractivity contribution >= 4 is 11.6 Å². The minimum absolute atomic E-state index is 0.0474. The third kappa shape index (κ3) is 4.63. The molecule has 5 atom stereocenters. The molecule has 0 spiro atoms. The summed E-state index contributed by atoms with van der Waals surface area (Å²) in [5, 5.41) is 37.1. The molecule has 2 aliphatic rings. The fraction of sp³-hybridized carbons (Fsp3) is 0.565. The maximum Gasteiger partial charge on any atom is 0.178 e. The van der Waals surface area contributed by atoms with E-state index in [9.17, 15) is 19.0 Å². The second-order valence-corrected chi connectivity index (χ2v) is 9.64. The van der Waals surface area contributed by atoms with E-state index in [1.807, 2.05) is 6.20 Å². The van der Waals surface area contributed by atoms with Gasteiger partial charge < -0.3 is 19.7 Å². The average Bonchev–Trinajstić information content (AvgIpc) is 3.65. The van der Waals surface area contributed by atoms with Gasteiger partial charge in [-0.25, -0.2) is 18.1 Å². The minimum atomic E-state index is -1.22. The van der Waals surface area contributed by atoms with Crippen LogP contribution in [0.15, 0.2) is 24.5 Å². The summed E-state index contributed by atoms with van der Waals surface area (Å²) in [6.07, 6.45) is 4.29. The van der Waals surface area contributed by atoms with Crippen LogP contribution in [0.25, 0.3) is 11.3 Å². The first-order valence-electron chi connectivity index (χ1n) is 11.8. The lowest BCUT2D eigenvalue weighted by molar-refractivity contribution is -0.216. The van der Waals surface area contributed by atoms with Gasteiger partial charge >= 0.3 is 0 Å². The topological polar surface area (TPSA) is 120 Å². The summed E-state index contributed by atoms with van der Waals surface area (Å²) in [5.41, 5.74) is 0.855. The molecule has 10 nitrogen and oxygen atoms in total. The van der Waals surface area contributed by atoms with Gasteiger partial charge in [0.1, 0.15) is 36.2 Å². The second-order valence-electron chi connectivity index (χ2n) is 9.23. The largest absolute Gasteiger partial charge is 0.394 e. The summed E-state index contributed by atoms with van der Waals surface area (Å²) < 4.78 is 43.2. The fourth-order valence-electron chi connectivity index (χ4n) is 5.18. The summed E-state index contributed by atoms with van der Waals surface area (Å²) >= 11 is 5.66. The number of nitrogens with zero attached hydrogens (tertiary/aromatic N) is 6. The zero-order chi connectivity index (χ0) is 25.4. The molecule has 1 aliphatic carbocycles. The molecule has 2 aromatic heterocycles. The maximum atomic E-state index is 14.5. The van der Waals surface area contributed by atoms with Gasteiger partial charge in [0.2, 0.25) is 0 Å². The van der Waals surface area contributed by atoms with Crippen molar-refractivity contribution in [2.24, 2.45) is 0 Å². The number of benzene rings is 1. The van der Waals surface area contributed by atoms with Crippen molar-refractivity contribution in [2.45, 2.75) is 68.6 Å². The number of rotatable bonds is 7. The Bertz CT molecular complexity index is 1200. The van der Waals surface area contributed by atoms with E-state index in [1.165, 1.54) is 43.0 Å². The number of hydrogen-bond acceptors (Lipinski definition) is 8. The standard InChI is InChI=1S/C23H27ClF2N6O4/c1-35-23-17(10-31-8-15(27-29-31)12-4-2-3-5-12)36-18(11-33)22(34)21(23)32-9-16(28-30-32)13-6-7-14(24)20(26)19(13)25/h6-9,12,17-18,21-23,33-34H,2-5,10-11H2,1H3/t17-,18-,21+,22+,23+/m1/s1. The van der Waals surface area contributed by atoms with Gasteiger partial charge in [0.25, 0.3) is 0 Å². The number of hydrogen-bond donors (Lipinski definition) is 2. The van der Waals surface area contributed by atoms with Gasteiger partial charge in [-0.1, -0.05) is 34.9 Å². The summed E-state index contributed by atoms with van der Waals surface area (Å²) in [5.74, 6) is -1.94. The Kier molecular flexibility index (Phi) is 7.31. The highest BCUT2D eigenvalue weighted by molar-refractivity contribution is 6.30. The van der Waals surface area contributed by atoms with Crippen molar-refractivity contribution in [1.82, 2.24) is 30.0 Å². The van der Waals surface area contributed by atoms with Crippen LogP contribution in [0.4, 0.5) is 8.78 Å². The van der Waals surface area contributed by atoms with E-state index in [0.29, 0.717) is 5.92 Å². The van der Waals surface area contributed by atoms with Crippen molar-refractivity contribution in [3.8, 4) is 11.3 Å². The molecule has 36 heavy (non-hydrogen) atoms. The van der Waals surface area contributed by atoms with E-state index in [4.69, 9.17) is 21.1 Å². The van der Waals surface area contributed by atoms with E-state index in [1.54, 1.807) is 4.68 Å². The Morgan fingerprint density at radius 2 is 1.89 bits per heavy atom. The van der Waals surface area contributed by atoms with Crippen molar-refractivity contribution in [2.75, 3.05) is 13.7 Å². The lowest BCUT2D eigenvalue weighted by atomic mass is 9.92. The summed E-state index contributed by atoms with van der Waals surface area (Å²) in [6.45, 7) is -0.190. The van der Waals surface area contributed by atoms with E-state index < -0.39 is 48.7 Å². The molecule has 13 heteroatoms. The molecular formula is C23H27ClF2N6O4. The SMILES string of the molecule is CO[C@@H]1[C@@H](n2cc(-c3ccc(Cl)c(F)c3F)nn2)[C@@H](O)[C@@H](CO)O[C@@H]1Cn1cc(C2CCCC2)nn1. The molecular weight excluding hydrogens is 498 g/mol. The van der Waals surface area contributed by atoms with E-state index in [2.05, 4.69) is 20.6 Å². The zero-order valence-electron chi connectivity index (χ0n) is 19.5. The first-order chi connectivity index (χ1) is 17.4. The second kappa shape index (κ2) is 10.5. The van der Waals surface area contributed by atoms with Crippen molar-refractivity contribution < 1.29 is 28.5 Å². The van der Waals surface area contributed by atoms with Crippen LogP contribution in [0.3, 0.4) is 0 Å². The highest BCUT2D eigenvalue weighted by Crippen LogP contribution is 2.35. The van der Waals surface area contributed by atoms with Crippen molar-refractivity contribution in [1.29, 1.82) is 0 Å². The molecule has 1 aliphatic heterocycles. The van der Waals surface area contributed by atoms with Gasteiger partial charge in [-0.3, -0.25) is 0 Å². The van der Waals surface area contributed by atoms with Crippen LogP contribution in [-0.2, 0) is 16.0 Å². The van der Waals surface area contributed by atoms with Crippen LogP contribution < -0.4 is 0 Å². The van der Waals surface area contributed by atoms with Gasteiger partial charge in [-0.05, 0) is 25.0 Å². The van der Waals surface area contributed by atoms with Crippen LogP contribution in [0.1, 0.15) is 43.3 Å². The highest BCUT2D eigenvalue weighted by Gasteiger charge is 2.47. The molecule has 3 heterocycles. The van der Waals surface area contributed by atoms with Crippen molar-refractivity contribution in [3.63, 3.8) is 0 Å². The van der Waals surface area contributed by atoms with E-state index in [0.717, 1.165) is 18.5 Å². The Balaban J connectivity index is 1.42. The molecule has 3 aromatic rings. The van der Waals surface area contributed by atoms with Gasteiger partial charge in [0, 0.05) is 24.8 Å². The Hall–Kier alpha value is -2.51. The lowest BCUT2D eigenvalue weighted by Gasteiger charge is -2.43. The quantitative estimate of drug-likeness (QED) is 0.452. The van der Waals surface area contributed by atoms with Crippen molar-refractivity contribution in [3.05, 3.63) is 46.9 Å². The molecule has 1 saturated heterocycles. The van der Waals surface area contributed by atoms with Gasteiger partial charge in [0.15, 0.2) is 11.6 Å². The molecule has 2 fully saturated rings.